The second kappa shape index (κ2) is 9.85. The number of sulfonamides is 1. The molecule has 2 aromatic carbocycles. The summed E-state index contributed by atoms with van der Waals surface area (Å²) in [4.78, 5) is 24.5. The van der Waals surface area contributed by atoms with Gasteiger partial charge in [0, 0.05) is 21.8 Å². The summed E-state index contributed by atoms with van der Waals surface area (Å²) in [6.07, 6.45) is 4.44. The van der Waals surface area contributed by atoms with Crippen LogP contribution in [0.2, 0.25) is 0 Å². The third-order valence-corrected chi connectivity index (χ3v) is 7.70. The van der Waals surface area contributed by atoms with Crippen molar-refractivity contribution in [2.45, 2.75) is 50.0 Å². The molecule has 0 spiro atoms. The van der Waals surface area contributed by atoms with Crippen LogP contribution in [-0.4, -0.2) is 37.0 Å². The van der Waals surface area contributed by atoms with Gasteiger partial charge >= 0.3 is 0 Å². The summed E-state index contributed by atoms with van der Waals surface area (Å²) in [7, 11) is -3.83. The first kappa shape index (κ1) is 22.7. The van der Waals surface area contributed by atoms with E-state index in [0.29, 0.717) is 11.3 Å². The van der Waals surface area contributed by atoms with Crippen LogP contribution in [0.15, 0.2) is 57.9 Å². The van der Waals surface area contributed by atoms with Gasteiger partial charge in [-0.3, -0.25) is 9.59 Å². The first-order chi connectivity index (χ1) is 14.3. The van der Waals surface area contributed by atoms with Crippen molar-refractivity contribution in [1.82, 2.24) is 4.31 Å². The van der Waals surface area contributed by atoms with Crippen molar-refractivity contribution in [3.8, 4) is 0 Å². The van der Waals surface area contributed by atoms with Crippen molar-refractivity contribution in [3.63, 3.8) is 0 Å². The number of hydrogen-bond acceptors (Lipinski definition) is 4. The van der Waals surface area contributed by atoms with E-state index in [1.807, 2.05) is 0 Å². The van der Waals surface area contributed by atoms with Crippen LogP contribution >= 0.6 is 15.9 Å². The summed E-state index contributed by atoms with van der Waals surface area (Å²) in [6, 6.07) is 12.9. The predicted molar refractivity (Wildman–Crippen MR) is 120 cm³/mol. The Hall–Kier alpha value is -2.03. The molecule has 0 aliphatic heterocycles. The van der Waals surface area contributed by atoms with Crippen molar-refractivity contribution in [1.29, 1.82) is 0 Å². The number of carbonyl (C=O) groups excluding carboxylic acids is 2. The molecule has 0 aromatic heterocycles. The molecule has 160 valence electrons. The molecule has 1 saturated carbocycles. The molecule has 2 aromatic rings. The molecule has 0 radical (unpaired) electrons. The summed E-state index contributed by atoms with van der Waals surface area (Å²) in [5.41, 5.74) is 0.955. The summed E-state index contributed by atoms with van der Waals surface area (Å²) in [6.45, 7) is 1.18. The molecule has 0 unspecified atom stereocenters. The Bertz CT molecular complexity index is 1020. The Morgan fingerprint density at radius 3 is 2.37 bits per heavy atom. The van der Waals surface area contributed by atoms with Gasteiger partial charge in [-0.25, -0.2) is 8.42 Å². The molecule has 0 atom stereocenters. The van der Waals surface area contributed by atoms with Crippen LogP contribution in [0, 0.1) is 0 Å². The van der Waals surface area contributed by atoms with Crippen LogP contribution < -0.4 is 5.32 Å². The molecular weight excluding hydrogens is 468 g/mol. The zero-order chi connectivity index (χ0) is 21.7. The number of ketones is 1. The lowest BCUT2D eigenvalue weighted by Gasteiger charge is -2.33. The number of hydrogen-bond donors (Lipinski definition) is 1. The first-order valence-corrected chi connectivity index (χ1v) is 12.2. The summed E-state index contributed by atoms with van der Waals surface area (Å²) >= 11 is 3.32. The van der Waals surface area contributed by atoms with E-state index >= 15 is 0 Å². The van der Waals surface area contributed by atoms with E-state index in [0.717, 1.165) is 36.6 Å². The lowest BCUT2D eigenvalue weighted by atomic mass is 9.95. The van der Waals surface area contributed by atoms with Gasteiger partial charge in [0.05, 0.1) is 11.4 Å². The number of anilines is 1. The Morgan fingerprint density at radius 2 is 1.73 bits per heavy atom. The lowest BCUT2D eigenvalue weighted by molar-refractivity contribution is -0.116. The van der Waals surface area contributed by atoms with Crippen molar-refractivity contribution >= 4 is 43.3 Å². The largest absolute Gasteiger partial charge is 0.325 e. The minimum atomic E-state index is -3.83. The van der Waals surface area contributed by atoms with Crippen molar-refractivity contribution in [2.24, 2.45) is 0 Å². The maximum absolute atomic E-state index is 13.4. The van der Waals surface area contributed by atoms with Gasteiger partial charge in [0.15, 0.2) is 5.78 Å². The van der Waals surface area contributed by atoms with Crippen molar-refractivity contribution in [3.05, 3.63) is 58.6 Å². The normalized spacial score (nSPS) is 15.2. The fourth-order valence-corrected chi connectivity index (χ4v) is 5.58. The number of halogens is 1. The van der Waals surface area contributed by atoms with Crippen LogP contribution in [0.1, 0.15) is 49.4 Å². The zero-order valence-electron chi connectivity index (χ0n) is 16.8. The fourth-order valence-electron chi connectivity index (χ4n) is 3.68. The van der Waals surface area contributed by atoms with E-state index in [9.17, 15) is 18.0 Å². The minimum Gasteiger partial charge on any atom is -0.325 e. The monoisotopic (exact) mass is 492 g/mol. The van der Waals surface area contributed by atoms with E-state index in [-0.39, 0.29) is 23.3 Å². The van der Waals surface area contributed by atoms with Crippen LogP contribution in [0.5, 0.6) is 0 Å². The van der Waals surface area contributed by atoms with Gasteiger partial charge in [-0.1, -0.05) is 47.3 Å². The molecule has 30 heavy (non-hydrogen) atoms. The smallest absolute Gasteiger partial charge is 0.243 e. The van der Waals surface area contributed by atoms with Gasteiger partial charge in [0.2, 0.25) is 15.9 Å². The predicted octanol–water partition coefficient (Wildman–Crippen LogP) is 4.61. The molecular formula is C22H25BrN2O4S. The molecule has 0 heterocycles. The van der Waals surface area contributed by atoms with Crippen LogP contribution in [0.25, 0.3) is 0 Å². The summed E-state index contributed by atoms with van der Waals surface area (Å²) in [5.74, 6) is -0.533. The number of Topliss-reactive ketones (excluding diaryl/α,β-unsaturated/α-hetero) is 1. The number of carbonyl (C=O) groups is 2. The van der Waals surface area contributed by atoms with E-state index in [2.05, 4.69) is 21.2 Å². The average molecular weight is 493 g/mol. The molecule has 1 fully saturated rings. The van der Waals surface area contributed by atoms with E-state index in [4.69, 9.17) is 0 Å². The van der Waals surface area contributed by atoms with Crippen LogP contribution in [0.3, 0.4) is 0 Å². The summed E-state index contributed by atoms with van der Waals surface area (Å²) < 4.78 is 28.8. The minimum absolute atomic E-state index is 0.104. The second-order valence-corrected chi connectivity index (χ2v) is 10.3. The molecule has 0 saturated heterocycles. The maximum Gasteiger partial charge on any atom is 0.243 e. The topological polar surface area (TPSA) is 83.6 Å². The SMILES string of the molecule is CC(=O)c1cccc(NC(=O)CN(C2CCCCC2)S(=O)(=O)c2ccc(Br)cc2)c1. The number of benzene rings is 2. The first-order valence-electron chi connectivity index (χ1n) is 9.95. The van der Waals surface area contributed by atoms with E-state index in [1.165, 1.54) is 11.2 Å². The fraction of sp³-hybridized carbons (Fsp3) is 0.364. The molecule has 8 heteroatoms. The Morgan fingerprint density at radius 1 is 1.07 bits per heavy atom. The van der Waals surface area contributed by atoms with Gasteiger partial charge in [-0.2, -0.15) is 4.31 Å². The standard InChI is InChI=1S/C22H25BrN2O4S/c1-16(26)17-6-5-7-19(14-17)24-22(27)15-25(20-8-3-2-4-9-20)30(28,29)21-12-10-18(23)11-13-21/h5-7,10-14,20H,2-4,8-9,15H2,1H3,(H,24,27). The molecule has 1 aliphatic rings. The van der Waals surface area contributed by atoms with Crippen LogP contribution in [-0.2, 0) is 14.8 Å². The zero-order valence-corrected chi connectivity index (χ0v) is 19.2. The highest BCUT2D eigenvalue weighted by atomic mass is 79.9. The molecule has 3 rings (SSSR count). The highest BCUT2D eigenvalue weighted by molar-refractivity contribution is 9.10. The molecule has 6 nitrogen and oxygen atoms in total. The third kappa shape index (κ3) is 5.56. The van der Waals surface area contributed by atoms with Crippen molar-refractivity contribution in [2.75, 3.05) is 11.9 Å². The molecule has 1 amide bonds. The van der Waals surface area contributed by atoms with Gasteiger partial charge < -0.3 is 5.32 Å². The lowest BCUT2D eigenvalue weighted by Crippen LogP contribution is -2.45. The quantitative estimate of drug-likeness (QED) is 0.571. The maximum atomic E-state index is 13.4. The third-order valence-electron chi connectivity index (χ3n) is 5.25. The van der Waals surface area contributed by atoms with E-state index in [1.54, 1.807) is 48.5 Å². The average Bonchev–Trinajstić information content (AvgIpc) is 2.73. The van der Waals surface area contributed by atoms with Gasteiger partial charge in [-0.05, 0) is 56.2 Å². The molecule has 1 aliphatic carbocycles. The van der Waals surface area contributed by atoms with Gasteiger partial charge in [0.1, 0.15) is 0 Å². The summed E-state index contributed by atoms with van der Waals surface area (Å²) in [5, 5.41) is 2.73. The van der Waals surface area contributed by atoms with Crippen molar-refractivity contribution < 1.29 is 18.0 Å². The number of rotatable bonds is 7. The highest BCUT2D eigenvalue weighted by Gasteiger charge is 2.34. The van der Waals surface area contributed by atoms with Gasteiger partial charge in [-0.15, -0.1) is 0 Å². The highest BCUT2D eigenvalue weighted by Crippen LogP contribution is 2.28. The number of nitrogens with zero attached hydrogens (tertiary/aromatic N) is 1. The van der Waals surface area contributed by atoms with Crippen LogP contribution in [0.4, 0.5) is 5.69 Å². The second-order valence-electron chi connectivity index (χ2n) is 7.48. The Labute approximate surface area is 185 Å². The van der Waals surface area contributed by atoms with Gasteiger partial charge in [0.25, 0.3) is 0 Å². The number of nitrogens with one attached hydrogen (secondary N) is 1. The number of amides is 1. The van der Waals surface area contributed by atoms with E-state index < -0.39 is 15.9 Å². The molecule has 1 N–H and O–H groups in total. The molecule has 0 bridgehead atoms. The Kier molecular flexibility index (Phi) is 7.44. The Balaban J connectivity index is 1.83.